The fourth-order valence-corrected chi connectivity index (χ4v) is 2.45. The lowest BCUT2D eigenvalue weighted by Gasteiger charge is -2.10. The Morgan fingerprint density at radius 1 is 1.12 bits per heavy atom. The number of benzene rings is 2. The molecule has 0 spiro atoms. The predicted octanol–water partition coefficient (Wildman–Crippen LogP) is 4.66. The van der Waals surface area contributed by atoms with Crippen molar-refractivity contribution in [2.24, 2.45) is 0 Å². The zero-order chi connectivity index (χ0) is 18.0. The van der Waals surface area contributed by atoms with Crippen molar-refractivity contribution in [3.8, 4) is 11.6 Å². The zero-order valence-corrected chi connectivity index (χ0v) is 14.4. The van der Waals surface area contributed by atoms with Gasteiger partial charge in [-0.25, -0.2) is 13.9 Å². The first-order valence-corrected chi connectivity index (χ1v) is 8.09. The van der Waals surface area contributed by atoms with E-state index in [0.717, 1.165) is 16.9 Å². The number of carbonyl (C=O) groups is 1. The fourth-order valence-electron chi connectivity index (χ4n) is 2.45. The SMILES string of the molecule is Cc1ccccc1-n1nc(C(C)C)cc1OC(=O)c1ccc(F)cc1. The molecule has 0 aliphatic rings. The number of hydrogen-bond donors (Lipinski definition) is 0. The van der Waals surface area contributed by atoms with Crippen molar-refractivity contribution in [3.63, 3.8) is 0 Å². The summed E-state index contributed by atoms with van der Waals surface area (Å²) in [6, 6.07) is 14.8. The quantitative estimate of drug-likeness (QED) is 0.650. The molecule has 0 amide bonds. The fraction of sp³-hybridized carbons (Fsp3) is 0.200. The maximum atomic E-state index is 13.0. The maximum Gasteiger partial charge on any atom is 0.344 e. The molecule has 3 rings (SSSR count). The number of carbonyl (C=O) groups excluding carboxylic acids is 1. The van der Waals surface area contributed by atoms with Gasteiger partial charge in [-0.2, -0.15) is 5.10 Å². The van der Waals surface area contributed by atoms with E-state index in [-0.39, 0.29) is 11.5 Å². The Morgan fingerprint density at radius 3 is 2.44 bits per heavy atom. The normalized spacial score (nSPS) is 10.9. The molecule has 0 saturated carbocycles. The van der Waals surface area contributed by atoms with Crippen LogP contribution in [0, 0.1) is 12.7 Å². The molecule has 0 fully saturated rings. The number of nitrogens with zero attached hydrogens (tertiary/aromatic N) is 2. The van der Waals surface area contributed by atoms with E-state index in [0.29, 0.717) is 5.88 Å². The molecular weight excluding hydrogens is 319 g/mol. The molecule has 25 heavy (non-hydrogen) atoms. The van der Waals surface area contributed by atoms with Gasteiger partial charge in [0.15, 0.2) is 0 Å². The average molecular weight is 338 g/mol. The van der Waals surface area contributed by atoms with Gasteiger partial charge in [0.1, 0.15) is 5.82 Å². The lowest BCUT2D eigenvalue weighted by molar-refractivity contribution is 0.0723. The molecule has 0 N–H and O–H groups in total. The molecule has 0 saturated heterocycles. The highest BCUT2D eigenvalue weighted by atomic mass is 19.1. The molecule has 1 aromatic heterocycles. The third kappa shape index (κ3) is 3.60. The van der Waals surface area contributed by atoms with Crippen LogP contribution in [-0.2, 0) is 0 Å². The van der Waals surface area contributed by atoms with Gasteiger partial charge in [0.25, 0.3) is 0 Å². The second kappa shape index (κ2) is 6.89. The van der Waals surface area contributed by atoms with E-state index < -0.39 is 11.8 Å². The van der Waals surface area contributed by atoms with Crippen molar-refractivity contribution in [2.45, 2.75) is 26.7 Å². The van der Waals surface area contributed by atoms with Gasteiger partial charge in [0.2, 0.25) is 5.88 Å². The summed E-state index contributed by atoms with van der Waals surface area (Å²) in [5.74, 6) is -0.422. The van der Waals surface area contributed by atoms with Crippen LogP contribution in [0.3, 0.4) is 0 Å². The standard InChI is InChI=1S/C20H19FN2O2/c1-13(2)17-12-19(23(22-17)18-7-5-4-6-14(18)3)25-20(24)15-8-10-16(21)11-9-15/h4-13H,1-3H3. The molecule has 4 nitrogen and oxygen atoms in total. The third-order valence-corrected chi connectivity index (χ3v) is 3.91. The van der Waals surface area contributed by atoms with E-state index in [4.69, 9.17) is 4.74 Å². The first-order valence-electron chi connectivity index (χ1n) is 8.09. The van der Waals surface area contributed by atoms with Crippen molar-refractivity contribution >= 4 is 5.97 Å². The molecule has 0 aliphatic carbocycles. The smallest absolute Gasteiger partial charge is 0.344 e. The summed E-state index contributed by atoms with van der Waals surface area (Å²) in [6.45, 7) is 6.02. The van der Waals surface area contributed by atoms with Crippen molar-refractivity contribution in [2.75, 3.05) is 0 Å². The number of aryl methyl sites for hydroxylation is 1. The Bertz CT molecular complexity index is 898. The lowest BCUT2D eigenvalue weighted by atomic mass is 10.1. The Kier molecular flexibility index (Phi) is 4.65. The number of halogens is 1. The molecule has 0 atom stereocenters. The van der Waals surface area contributed by atoms with Gasteiger partial charge in [-0.1, -0.05) is 32.0 Å². The number of aromatic nitrogens is 2. The van der Waals surface area contributed by atoms with Crippen LogP contribution in [0.4, 0.5) is 4.39 Å². The first kappa shape index (κ1) is 16.9. The molecule has 0 radical (unpaired) electrons. The number of rotatable bonds is 4. The minimum Gasteiger partial charge on any atom is -0.404 e. The Hall–Kier alpha value is -2.95. The summed E-state index contributed by atoms with van der Waals surface area (Å²) in [5.41, 5.74) is 2.96. The number of ether oxygens (including phenoxy) is 1. The minimum atomic E-state index is -0.551. The van der Waals surface area contributed by atoms with Gasteiger partial charge in [0, 0.05) is 6.07 Å². The maximum absolute atomic E-state index is 13.0. The molecule has 5 heteroatoms. The second-order valence-corrected chi connectivity index (χ2v) is 6.16. The summed E-state index contributed by atoms with van der Waals surface area (Å²) in [6.07, 6.45) is 0. The van der Waals surface area contributed by atoms with Crippen molar-refractivity contribution in [3.05, 3.63) is 77.2 Å². The van der Waals surface area contributed by atoms with Gasteiger partial charge >= 0.3 is 5.97 Å². The molecule has 2 aromatic carbocycles. The van der Waals surface area contributed by atoms with E-state index in [2.05, 4.69) is 5.10 Å². The highest BCUT2D eigenvalue weighted by Crippen LogP contribution is 2.26. The summed E-state index contributed by atoms with van der Waals surface area (Å²) in [7, 11) is 0. The van der Waals surface area contributed by atoms with Gasteiger partial charge in [-0.3, -0.25) is 0 Å². The van der Waals surface area contributed by atoms with Crippen molar-refractivity contribution in [1.82, 2.24) is 9.78 Å². The van der Waals surface area contributed by atoms with Gasteiger partial charge in [-0.15, -0.1) is 0 Å². The number of esters is 1. The van der Waals surface area contributed by atoms with Crippen LogP contribution in [0.25, 0.3) is 5.69 Å². The van der Waals surface area contributed by atoms with Crippen LogP contribution in [-0.4, -0.2) is 15.7 Å². The van der Waals surface area contributed by atoms with Crippen molar-refractivity contribution < 1.29 is 13.9 Å². The monoisotopic (exact) mass is 338 g/mol. The van der Waals surface area contributed by atoms with Crippen LogP contribution in [0.5, 0.6) is 5.88 Å². The Labute approximate surface area is 145 Å². The van der Waals surface area contributed by atoms with Crippen molar-refractivity contribution in [1.29, 1.82) is 0 Å². The van der Waals surface area contributed by atoms with Gasteiger partial charge < -0.3 is 4.74 Å². The molecule has 0 bridgehead atoms. The lowest BCUT2D eigenvalue weighted by Crippen LogP contribution is -2.12. The number of para-hydroxylation sites is 1. The van der Waals surface area contributed by atoms with Crippen LogP contribution in [0.2, 0.25) is 0 Å². The van der Waals surface area contributed by atoms with E-state index in [1.54, 1.807) is 10.7 Å². The topological polar surface area (TPSA) is 44.1 Å². The van der Waals surface area contributed by atoms with Crippen LogP contribution < -0.4 is 4.74 Å². The average Bonchev–Trinajstić information content (AvgIpc) is 3.00. The van der Waals surface area contributed by atoms with Crippen LogP contribution in [0.1, 0.15) is 41.4 Å². The summed E-state index contributed by atoms with van der Waals surface area (Å²) in [5, 5.41) is 4.58. The summed E-state index contributed by atoms with van der Waals surface area (Å²) < 4.78 is 20.2. The second-order valence-electron chi connectivity index (χ2n) is 6.16. The van der Waals surface area contributed by atoms with E-state index in [9.17, 15) is 9.18 Å². The van der Waals surface area contributed by atoms with E-state index >= 15 is 0 Å². The highest BCUT2D eigenvalue weighted by Gasteiger charge is 2.18. The summed E-state index contributed by atoms with van der Waals surface area (Å²) >= 11 is 0. The Balaban J connectivity index is 1.99. The minimum absolute atomic E-state index is 0.188. The van der Waals surface area contributed by atoms with Gasteiger partial charge in [-0.05, 0) is 48.7 Å². The summed E-state index contributed by atoms with van der Waals surface area (Å²) in [4.78, 5) is 12.4. The molecular formula is C20H19FN2O2. The van der Waals surface area contributed by atoms with Crippen LogP contribution >= 0.6 is 0 Å². The first-order chi connectivity index (χ1) is 12.0. The zero-order valence-electron chi connectivity index (χ0n) is 14.4. The molecule has 3 aromatic rings. The largest absolute Gasteiger partial charge is 0.404 e. The van der Waals surface area contributed by atoms with E-state index in [1.807, 2.05) is 45.0 Å². The highest BCUT2D eigenvalue weighted by molar-refractivity contribution is 5.90. The molecule has 0 aliphatic heterocycles. The van der Waals surface area contributed by atoms with Gasteiger partial charge in [0.05, 0.1) is 16.9 Å². The molecule has 1 heterocycles. The Morgan fingerprint density at radius 2 is 1.80 bits per heavy atom. The van der Waals surface area contributed by atoms with Crippen LogP contribution in [0.15, 0.2) is 54.6 Å². The van der Waals surface area contributed by atoms with E-state index in [1.165, 1.54) is 24.3 Å². The number of hydrogen-bond acceptors (Lipinski definition) is 3. The third-order valence-electron chi connectivity index (χ3n) is 3.91. The predicted molar refractivity (Wildman–Crippen MR) is 93.7 cm³/mol. The molecule has 0 unspecified atom stereocenters. The molecule has 128 valence electrons.